The lowest BCUT2D eigenvalue weighted by atomic mass is 10.2. The first-order valence-corrected chi connectivity index (χ1v) is 14.2. The molecule has 0 spiro atoms. The van der Waals surface area contributed by atoms with Gasteiger partial charge in [-0.25, -0.2) is 4.98 Å². The fraction of sp³-hybridized carbons (Fsp3) is 0.355. The van der Waals surface area contributed by atoms with Crippen molar-refractivity contribution < 1.29 is 19.1 Å². The van der Waals surface area contributed by atoms with Crippen LogP contribution < -0.4 is 26.0 Å². The molecule has 2 amide bonds. The number of rotatable bonds is 17. The van der Waals surface area contributed by atoms with E-state index in [4.69, 9.17) is 4.74 Å². The highest BCUT2D eigenvalue weighted by Gasteiger charge is 2.17. The van der Waals surface area contributed by atoms with Gasteiger partial charge in [-0.05, 0) is 68.9 Å². The quantitative estimate of drug-likeness (QED) is 0.170. The predicted octanol–water partition coefficient (Wildman–Crippen LogP) is 4.01. The first-order chi connectivity index (χ1) is 20.8. The van der Waals surface area contributed by atoms with Crippen LogP contribution in [-0.2, 0) is 16.0 Å². The van der Waals surface area contributed by atoms with Crippen LogP contribution in [0.3, 0.4) is 0 Å². The monoisotopic (exact) mass is 588 g/mol. The molecular weight excluding hydrogens is 548 g/mol. The van der Waals surface area contributed by atoms with Crippen molar-refractivity contribution in [1.29, 1.82) is 0 Å². The maximum Gasteiger partial charge on any atom is 0.260 e. The molecule has 0 saturated carbocycles. The summed E-state index contributed by atoms with van der Waals surface area (Å²) in [6.07, 6.45) is 9.93. The second-order valence-electron chi connectivity index (χ2n) is 9.96. The maximum absolute atomic E-state index is 13.3. The van der Waals surface area contributed by atoms with Crippen LogP contribution in [0.5, 0.6) is 5.75 Å². The van der Waals surface area contributed by atoms with Gasteiger partial charge in [0.05, 0.1) is 12.8 Å². The van der Waals surface area contributed by atoms with E-state index < -0.39 is 5.91 Å². The Hall–Kier alpha value is -4.84. The standard InChI is InChI=1S/C31H40N8O4/c1-5-15-33-29-25(21-35-31(38-29)34-18-14-22-12-16-32-17-13-22)30(42)36-23-8-10-27(43-4)26(20-23)37-28(41)11-9-24(40)7-6-19-39(2)3/h6-8,10,12-13,16-17,20-21H,5,9,11,14-15,18-19H2,1-4H3,(H,36,42)(H,37,41)(H2,33,34,35,38)/b7-6+. The number of hydrogen-bond acceptors (Lipinski definition) is 10. The summed E-state index contributed by atoms with van der Waals surface area (Å²) >= 11 is 0. The summed E-state index contributed by atoms with van der Waals surface area (Å²) in [5, 5.41) is 12.0. The highest BCUT2D eigenvalue weighted by Crippen LogP contribution is 2.29. The molecule has 43 heavy (non-hydrogen) atoms. The number of ether oxygens (including phenoxy) is 1. The van der Waals surface area contributed by atoms with E-state index in [1.54, 1.807) is 36.7 Å². The van der Waals surface area contributed by atoms with Gasteiger partial charge in [0.1, 0.15) is 17.1 Å². The van der Waals surface area contributed by atoms with Gasteiger partial charge in [0.15, 0.2) is 5.78 Å². The molecule has 4 N–H and O–H groups in total. The highest BCUT2D eigenvalue weighted by atomic mass is 16.5. The number of anilines is 4. The molecule has 2 aromatic heterocycles. The molecule has 12 heteroatoms. The minimum atomic E-state index is -0.417. The second kappa shape index (κ2) is 17.2. The number of likely N-dealkylation sites (N-methyl/N-ethyl adjacent to an activating group) is 1. The lowest BCUT2D eigenvalue weighted by Crippen LogP contribution is -2.19. The van der Waals surface area contributed by atoms with E-state index in [1.165, 1.54) is 19.4 Å². The van der Waals surface area contributed by atoms with Crippen molar-refractivity contribution in [2.75, 3.05) is 62.1 Å². The van der Waals surface area contributed by atoms with Gasteiger partial charge < -0.3 is 30.9 Å². The van der Waals surface area contributed by atoms with Gasteiger partial charge in [0.2, 0.25) is 11.9 Å². The second-order valence-corrected chi connectivity index (χ2v) is 9.96. The number of aromatic nitrogens is 3. The van der Waals surface area contributed by atoms with E-state index >= 15 is 0 Å². The molecule has 3 rings (SSSR count). The Morgan fingerprint density at radius 2 is 1.79 bits per heavy atom. The van der Waals surface area contributed by atoms with Crippen LogP contribution >= 0.6 is 0 Å². The minimum absolute atomic E-state index is 0.0115. The number of pyridine rings is 1. The third kappa shape index (κ3) is 11.2. The molecule has 2 heterocycles. The number of hydrogen-bond donors (Lipinski definition) is 4. The zero-order chi connectivity index (χ0) is 31.0. The first-order valence-electron chi connectivity index (χ1n) is 14.2. The van der Waals surface area contributed by atoms with Crippen LogP contribution in [-0.4, -0.2) is 78.3 Å². The molecular formula is C31H40N8O4. The molecule has 3 aromatic rings. The van der Waals surface area contributed by atoms with Crippen molar-refractivity contribution in [3.8, 4) is 5.75 Å². The van der Waals surface area contributed by atoms with Gasteiger partial charge in [-0.1, -0.05) is 13.0 Å². The minimum Gasteiger partial charge on any atom is -0.495 e. The van der Waals surface area contributed by atoms with E-state index in [0.29, 0.717) is 48.5 Å². The zero-order valence-electron chi connectivity index (χ0n) is 25.1. The Kier molecular flexibility index (Phi) is 13.1. The van der Waals surface area contributed by atoms with Crippen LogP contribution in [0.2, 0.25) is 0 Å². The summed E-state index contributed by atoms with van der Waals surface area (Å²) in [7, 11) is 5.30. The van der Waals surface area contributed by atoms with Crippen LogP contribution in [0.25, 0.3) is 0 Å². The van der Waals surface area contributed by atoms with Crippen molar-refractivity contribution in [3.63, 3.8) is 0 Å². The summed E-state index contributed by atoms with van der Waals surface area (Å²) < 4.78 is 5.38. The number of allylic oxidation sites excluding steroid dienone is 1. The normalized spacial score (nSPS) is 10.9. The van der Waals surface area contributed by atoms with E-state index in [2.05, 4.69) is 36.2 Å². The van der Waals surface area contributed by atoms with Gasteiger partial charge >= 0.3 is 0 Å². The molecule has 228 valence electrons. The fourth-order valence-electron chi connectivity index (χ4n) is 3.89. The molecule has 0 aliphatic rings. The summed E-state index contributed by atoms with van der Waals surface area (Å²) in [5.41, 5.74) is 2.22. The molecule has 12 nitrogen and oxygen atoms in total. The van der Waals surface area contributed by atoms with E-state index in [-0.39, 0.29) is 30.1 Å². The lowest BCUT2D eigenvalue weighted by molar-refractivity contribution is -0.120. The smallest absolute Gasteiger partial charge is 0.260 e. The molecule has 0 fully saturated rings. The Labute approximate surface area is 252 Å². The van der Waals surface area contributed by atoms with Gasteiger partial charge in [0.25, 0.3) is 5.91 Å². The summed E-state index contributed by atoms with van der Waals surface area (Å²) in [5.74, 6) is 0.341. The molecule has 0 unspecified atom stereocenters. The third-order valence-electron chi connectivity index (χ3n) is 6.13. The van der Waals surface area contributed by atoms with Gasteiger partial charge in [-0.3, -0.25) is 19.4 Å². The SMILES string of the molecule is CCCNc1nc(NCCc2ccncc2)ncc1C(=O)Nc1ccc(OC)c(NC(=O)CCC(=O)/C=C/CN(C)C)c1. The van der Waals surface area contributed by atoms with Crippen LogP contribution in [0.15, 0.2) is 61.1 Å². The Morgan fingerprint density at radius 3 is 2.51 bits per heavy atom. The number of carbonyl (C=O) groups excluding carboxylic acids is 3. The molecule has 0 aliphatic carbocycles. The van der Waals surface area contributed by atoms with Crippen molar-refractivity contribution in [2.45, 2.75) is 32.6 Å². The summed E-state index contributed by atoms with van der Waals surface area (Å²) in [4.78, 5) is 52.8. The third-order valence-corrected chi connectivity index (χ3v) is 6.13. The van der Waals surface area contributed by atoms with Gasteiger partial charge in [-0.2, -0.15) is 4.98 Å². The number of nitrogens with one attached hydrogen (secondary N) is 4. The molecule has 0 radical (unpaired) electrons. The van der Waals surface area contributed by atoms with E-state index in [1.807, 2.05) is 38.1 Å². The number of nitrogens with zero attached hydrogens (tertiary/aromatic N) is 4. The molecule has 0 bridgehead atoms. The Morgan fingerprint density at radius 1 is 1.00 bits per heavy atom. The van der Waals surface area contributed by atoms with Crippen molar-refractivity contribution in [1.82, 2.24) is 19.9 Å². The first kappa shape index (κ1) is 32.7. The molecule has 0 atom stereocenters. The number of methoxy groups -OCH3 is 1. The highest BCUT2D eigenvalue weighted by molar-refractivity contribution is 6.08. The van der Waals surface area contributed by atoms with Crippen molar-refractivity contribution in [2.24, 2.45) is 0 Å². The van der Waals surface area contributed by atoms with E-state index in [9.17, 15) is 14.4 Å². The average molecular weight is 589 g/mol. The predicted molar refractivity (Wildman–Crippen MR) is 169 cm³/mol. The largest absolute Gasteiger partial charge is 0.495 e. The topological polar surface area (TPSA) is 150 Å². The average Bonchev–Trinajstić information content (AvgIpc) is 2.99. The number of benzene rings is 1. The maximum atomic E-state index is 13.3. The van der Waals surface area contributed by atoms with Crippen LogP contribution in [0.4, 0.5) is 23.1 Å². The molecule has 0 aliphatic heterocycles. The van der Waals surface area contributed by atoms with Crippen molar-refractivity contribution in [3.05, 3.63) is 72.2 Å². The Balaban J connectivity index is 1.65. The fourth-order valence-corrected chi connectivity index (χ4v) is 3.89. The van der Waals surface area contributed by atoms with Crippen LogP contribution in [0.1, 0.15) is 42.1 Å². The molecule has 1 aromatic carbocycles. The summed E-state index contributed by atoms with van der Waals surface area (Å²) in [6, 6.07) is 8.81. The number of carbonyl (C=O) groups is 3. The van der Waals surface area contributed by atoms with Gasteiger partial charge in [-0.15, -0.1) is 0 Å². The van der Waals surface area contributed by atoms with E-state index in [0.717, 1.165) is 18.4 Å². The number of ketones is 1. The zero-order valence-corrected chi connectivity index (χ0v) is 25.1. The van der Waals surface area contributed by atoms with Gasteiger partial charge in [0, 0.05) is 56.8 Å². The van der Waals surface area contributed by atoms with Crippen LogP contribution in [0, 0.1) is 0 Å². The molecule has 0 saturated heterocycles. The summed E-state index contributed by atoms with van der Waals surface area (Å²) in [6.45, 7) is 3.90. The Bertz CT molecular complexity index is 1400. The lowest BCUT2D eigenvalue weighted by Gasteiger charge is -2.15. The van der Waals surface area contributed by atoms with Crippen molar-refractivity contribution >= 4 is 40.7 Å². The number of amides is 2.